The molecular formula is C10H14N2O2. The van der Waals surface area contributed by atoms with E-state index in [1.807, 2.05) is 30.3 Å². The normalized spacial score (nSPS) is 9.43. The summed E-state index contributed by atoms with van der Waals surface area (Å²) in [5.74, 6) is 0.839. The molecule has 0 saturated heterocycles. The fourth-order valence-electron chi connectivity index (χ4n) is 0.990. The second-order valence-corrected chi connectivity index (χ2v) is 2.81. The van der Waals surface area contributed by atoms with Gasteiger partial charge in [0.25, 0.3) is 0 Å². The quantitative estimate of drug-likeness (QED) is 0.690. The Balaban J connectivity index is 2.08. The minimum Gasteiger partial charge on any atom is -0.494 e. The van der Waals surface area contributed by atoms with Crippen LogP contribution in [0, 0.1) is 0 Å². The molecule has 0 bridgehead atoms. The number of hydrogen-bond donors (Lipinski definition) is 2. The molecule has 0 saturated carbocycles. The molecule has 3 N–H and O–H groups in total. The van der Waals surface area contributed by atoms with Gasteiger partial charge < -0.3 is 15.8 Å². The van der Waals surface area contributed by atoms with Crippen molar-refractivity contribution < 1.29 is 9.53 Å². The average molecular weight is 194 g/mol. The Kier molecular flexibility index (Phi) is 4.34. The van der Waals surface area contributed by atoms with Crippen LogP contribution in [0.1, 0.15) is 6.42 Å². The van der Waals surface area contributed by atoms with E-state index in [1.165, 1.54) is 0 Å². The lowest BCUT2D eigenvalue weighted by Gasteiger charge is -2.05. The zero-order valence-electron chi connectivity index (χ0n) is 7.90. The molecule has 0 spiro atoms. The number of urea groups is 1. The smallest absolute Gasteiger partial charge is 0.312 e. The second-order valence-electron chi connectivity index (χ2n) is 2.81. The zero-order chi connectivity index (χ0) is 10.2. The minimum absolute atomic E-state index is 0.496. The topological polar surface area (TPSA) is 64.4 Å². The number of nitrogens with two attached hydrogens (primary N) is 1. The number of primary amides is 1. The van der Waals surface area contributed by atoms with Gasteiger partial charge in [-0.05, 0) is 18.6 Å². The Morgan fingerprint density at radius 1 is 1.36 bits per heavy atom. The average Bonchev–Trinajstić information content (AvgIpc) is 2.18. The standard InChI is InChI=1S/C10H14N2O2/c11-10(13)12-7-4-8-14-9-5-2-1-3-6-9/h1-3,5-6H,4,7-8H2,(H3,11,12,13). The molecule has 0 atom stereocenters. The number of ether oxygens (including phenoxy) is 1. The maximum absolute atomic E-state index is 10.3. The molecule has 2 amide bonds. The SMILES string of the molecule is NC(=O)NCCCOc1ccccc1. The summed E-state index contributed by atoms with van der Waals surface area (Å²) in [6.07, 6.45) is 0.748. The van der Waals surface area contributed by atoms with Crippen molar-refractivity contribution in [1.82, 2.24) is 5.32 Å². The van der Waals surface area contributed by atoms with Crippen molar-refractivity contribution in [1.29, 1.82) is 0 Å². The maximum Gasteiger partial charge on any atom is 0.312 e. The van der Waals surface area contributed by atoms with Gasteiger partial charge in [0.05, 0.1) is 6.61 Å². The van der Waals surface area contributed by atoms with E-state index in [0.717, 1.165) is 12.2 Å². The molecule has 1 aromatic carbocycles. The summed E-state index contributed by atoms with van der Waals surface area (Å²) >= 11 is 0. The van der Waals surface area contributed by atoms with E-state index in [9.17, 15) is 4.79 Å². The fourth-order valence-corrected chi connectivity index (χ4v) is 0.990. The fraction of sp³-hybridized carbons (Fsp3) is 0.300. The molecule has 0 fully saturated rings. The Morgan fingerprint density at radius 3 is 2.71 bits per heavy atom. The molecule has 0 radical (unpaired) electrons. The summed E-state index contributed by atoms with van der Waals surface area (Å²) in [6, 6.07) is 9.04. The molecule has 14 heavy (non-hydrogen) atoms. The van der Waals surface area contributed by atoms with Crippen molar-refractivity contribution in [3.05, 3.63) is 30.3 Å². The van der Waals surface area contributed by atoms with Crippen LogP contribution >= 0.6 is 0 Å². The Labute approximate surface area is 83.1 Å². The highest BCUT2D eigenvalue weighted by molar-refractivity contribution is 5.71. The third-order valence-electron chi connectivity index (χ3n) is 1.63. The molecule has 1 aromatic rings. The van der Waals surface area contributed by atoms with Gasteiger partial charge in [-0.15, -0.1) is 0 Å². The van der Waals surface area contributed by atoms with Crippen LogP contribution in [-0.4, -0.2) is 19.2 Å². The summed E-state index contributed by atoms with van der Waals surface area (Å²) in [5.41, 5.74) is 4.89. The first-order chi connectivity index (χ1) is 6.79. The van der Waals surface area contributed by atoms with E-state index >= 15 is 0 Å². The molecule has 0 aromatic heterocycles. The first-order valence-electron chi connectivity index (χ1n) is 4.50. The second kappa shape index (κ2) is 5.85. The summed E-state index contributed by atoms with van der Waals surface area (Å²) in [7, 11) is 0. The van der Waals surface area contributed by atoms with Gasteiger partial charge in [0.15, 0.2) is 0 Å². The third-order valence-corrected chi connectivity index (χ3v) is 1.63. The molecule has 0 aliphatic rings. The molecule has 76 valence electrons. The highest BCUT2D eigenvalue weighted by Gasteiger charge is 1.93. The third kappa shape index (κ3) is 4.35. The number of benzene rings is 1. The lowest BCUT2D eigenvalue weighted by atomic mass is 10.3. The predicted molar refractivity (Wildman–Crippen MR) is 54.1 cm³/mol. The molecule has 0 heterocycles. The number of rotatable bonds is 5. The van der Waals surface area contributed by atoms with Crippen LogP contribution in [0.2, 0.25) is 0 Å². The van der Waals surface area contributed by atoms with Crippen LogP contribution < -0.4 is 15.8 Å². The molecule has 0 aliphatic heterocycles. The van der Waals surface area contributed by atoms with Crippen molar-refractivity contribution in [3.8, 4) is 5.75 Å². The molecule has 1 rings (SSSR count). The monoisotopic (exact) mass is 194 g/mol. The zero-order valence-corrected chi connectivity index (χ0v) is 7.90. The van der Waals surface area contributed by atoms with Crippen molar-refractivity contribution in [2.45, 2.75) is 6.42 Å². The van der Waals surface area contributed by atoms with Crippen LogP contribution in [0.3, 0.4) is 0 Å². The van der Waals surface area contributed by atoms with E-state index < -0.39 is 6.03 Å². The number of hydrogen-bond acceptors (Lipinski definition) is 2. The molecule has 4 nitrogen and oxygen atoms in total. The van der Waals surface area contributed by atoms with E-state index in [-0.39, 0.29) is 0 Å². The van der Waals surface area contributed by atoms with E-state index in [1.54, 1.807) is 0 Å². The minimum atomic E-state index is -0.496. The number of nitrogens with one attached hydrogen (secondary N) is 1. The van der Waals surface area contributed by atoms with Gasteiger partial charge in [0.2, 0.25) is 0 Å². The van der Waals surface area contributed by atoms with Crippen molar-refractivity contribution in [3.63, 3.8) is 0 Å². The lowest BCUT2D eigenvalue weighted by molar-refractivity contribution is 0.247. The number of amides is 2. The van der Waals surface area contributed by atoms with Crippen molar-refractivity contribution >= 4 is 6.03 Å². The molecule has 0 aliphatic carbocycles. The highest BCUT2D eigenvalue weighted by atomic mass is 16.5. The van der Waals surface area contributed by atoms with Crippen molar-refractivity contribution in [2.75, 3.05) is 13.2 Å². The largest absolute Gasteiger partial charge is 0.494 e. The molecular weight excluding hydrogens is 180 g/mol. The number of carbonyl (C=O) groups excluding carboxylic acids is 1. The van der Waals surface area contributed by atoms with Crippen LogP contribution in [0.5, 0.6) is 5.75 Å². The summed E-state index contributed by atoms with van der Waals surface area (Å²) in [6.45, 7) is 1.12. The Morgan fingerprint density at radius 2 is 2.07 bits per heavy atom. The van der Waals surface area contributed by atoms with Gasteiger partial charge in [-0.3, -0.25) is 0 Å². The first kappa shape index (κ1) is 10.4. The van der Waals surface area contributed by atoms with Gasteiger partial charge in [-0.2, -0.15) is 0 Å². The van der Waals surface area contributed by atoms with E-state index in [4.69, 9.17) is 10.5 Å². The van der Waals surface area contributed by atoms with E-state index in [0.29, 0.717) is 13.2 Å². The van der Waals surface area contributed by atoms with Gasteiger partial charge in [0.1, 0.15) is 5.75 Å². The summed E-state index contributed by atoms with van der Waals surface area (Å²) < 4.78 is 5.40. The van der Waals surface area contributed by atoms with Gasteiger partial charge in [0, 0.05) is 6.54 Å². The molecule has 0 unspecified atom stereocenters. The predicted octanol–water partition coefficient (Wildman–Crippen LogP) is 1.12. The van der Waals surface area contributed by atoms with Gasteiger partial charge in [-0.25, -0.2) is 4.79 Å². The highest BCUT2D eigenvalue weighted by Crippen LogP contribution is 2.07. The number of para-hydroxylation sites is 1. The van der Waals surface area contributed by atoms with Crippen LogP contribution in [0.4, 0.5) is 4.79 Å². The van der Waals surface area contributed by atoms with Gasteiger partial charge in [-0.1, -0.05) is 18.2 Å². The van der Waals surface area contributed by atoms with Crippen molar-refractivity contribution in [2.24, 2.45) is 5.73 Å². The Bertz CT molecular complexity index is 275. The Hall–Kier alpha value is -1.71. The van der Waals surface area contributed by atoms with Crippen LogP contribution in [0.25, 0.3) is 0 Å². The summed E-state index contributed by atoms with van der Waals surface area (Å²) in [4.78, 5) is 10.3. The summed E-state index contributed by atoms with van der Waals surface area (Å²) in [5, 5.41) is 2.49. The number of carbonyl (C=O) groups is 1. The first-order valence-corrected chi connectivity index (χ1v) is 4.50. The van der Waals surface area contributed by atoms with Crippen LogP contribution in [-0.2, 0) is 0 Å². The lowest BCUT2D eigenvalue weighted by Crippen LogP contribution is -2.30. The maximum atomic E-state index is 10.3. The van der Waals surface area contributed by atoms with Gasteiger partial charge >= 0.3 is 6.03 Å². The molecule has 4 heteroatoms. The van der Waals surface area contributed by atoms with E-state index in [2.05, 4.69) is 5.32 Å². The van der Waals surface area contributed by atoms with Crippen LogP contribution in [0.15, 0.2) is 30.3 Å².